The van der Waals surface area contributed by atoms with E-state index >= 15 is 0 Å². The van der Waals surface area contributed by atoms with Crippen molar-refractivity contribution in [3.63, 3.8) is 0 Å². The van der Waals surface area contributed by atoms with Gasteiger partial charge in [0.1, 0.15) is 0 Å². The molecule has 8 aromatic carbocycles. The molecule has 0 aliphatic heterocycles. The van der Waals surface area contributed by atoms with Gasteiger partial charge in [-0.05, 0) is 87.3 Å². The van der Waals surface area contributed by atoms with E-state index in [2.05, 4.69) is 182 Å². The van der Waals surface area contributed by atoms with Gasteiger partial charge in [0.25, 0.3) is 0 Å². The topological polar surface area (TPSA) is 30.7 Å². The van der Waals surface area contributed by atoms with Gasteiger partial charge in [0, 0.05) is 21.9 Å². The number of hydrogen-bond donors (Lipinski definition) is 0. The van der Waals surface area contributed by atoms with Crippen LogP contribution < -0.4 is 0 Å². The van der Waals surface area contributed by atoms with E-state index in [9.17, 15) is 0 Å². The van der Waals surface area contributed by atoms with E-state index in [1.54, 1.807) is 0 Å². The Labute approximate surface area is 320 Å². The summed E-state index contributed by atoms with van der Waals surface area (Å²) in [6.45, 7) is 4.53. The molecule has 3 nitrogen and oxygen atoms in total. The van der Waals surface area contributed by atoms with E-state index in [0.717, 1.165) is 33.5 Å². The molecule has 0 saturated carbocycles. The van der Waals surface area contributed by atoms with E-state index in [0.29, 0.717) is 5.82 Å². The molecule has 0 N–H and O–H groups in total. The van der Waals surface area contributed by atoms with Gasteiger partial charge in [-0.15, -0.1) is 0 Å². The molecular weight excluding hydrogens is 667 g/mol. The maximum atomic E-state index is 5.35. The fourth-order valence-electron chi connectivity index (χ4n) is 8.34. The smallest absolute Gasteiger partial charge is 0.159 e. The van der Waals surface area contributed by atoms with Crippen molar-refractivity contribution in [1.29, 1.82) is 0 Å². The predicted molar refractivity (Wildman–Crippen MR) is 231 cm³/mol. The van der Waals surface area contributed by atoms with Crippen molar-refractivity contribution in [2.45, 2.75) is 13.8 Å². The van der Waals surface area contributed by atoms with Crippen LogP contribution in [-0.2, 0) is 0 Å². The minimum absolute atomic E-state index is 0.701. The average molecular weight is 704 g/mol. The molecule has 0 fully saturated rings. The monoisotopic (exact) mass is 703 g/mol. The fraction of sp³-hybridized carbons (Fsp3) is 0.0385. The van der Waals surface area contributed by atoms with Gasteiger partial charge in [-0.25, -0.2) is 9.97 Å². The SMILES string of the molecule is Cc1ccc(-c2ccccc2)cc1-c1c(C)c2c(c3ccccc13)c1cc(-c3ccccc3)ccc1n2-c1cnc(-c2ccccc2)nc1-c1ccccc1. The van der Waals surface area contributed by atoms with Crippen LogP contribution in [0.5, 0.6) is 0 Å². The molecule has 0 aliphatic carbocycles. The van der Waals surface area contributed by atoms with Gasteiger partial charge < -0.3 is 4.57 Å². The first-order chi connectivity index (χ1) is 27.1. The second-order valence-electron chi connectivity index (χ2n) is 14.3. The van der Waals surface area contributed by atoms with E-state index < -0.39 is 0 Å². The van der Waals surface area contributed by atoms with Crippen molar-refractivity contribution in [3.8, 4) is 61.7 Å². The molecular formula is C52H37N3. The third kappa shape index (κ3) is 5.52. The summed E-state index contributed by atoms with van der Waals surface area (Å²) in [4.78, 5) is 10.4. The molecule has 2 aromatic heterocycles. The molecule has 3 heteroatoms. The molecule has 0 saturated heterocycles. The van der Waals surface area contributed by atoms with Crippen LogP contribution in [0.2, 0.25) is 0 Å². The molecule has 0 spiro atoms. The molecule has 0 radical (unpaired) electrons. The highest BCUT2D eigenvalue weighted by molar-refractivity contribution is 6.26. The van der Waals surface area contributed by atoms with Crippen molar-refractivity contribution in [2.75, 3.05) is 0 Å². The maximum Gasteiger partial charge on any atom is 0.159 e. The normalized spacial score (nSPS) is 11.5. The first kappa shape index (κ1) is 32.5. The first-order valence-electron chi connectivity index (χ1n) is 18.8. The van der Waals surface area contributed by atoms with Crippen LogP contribution in [-0.4, -0.2) is 14.5 Å². The number of nitrogens with zero attached hydrogens (tertiary/aromatic N) is 3. The van der Waals surface area contributed by atoms with E-state index in [1.807, 2.05) is 24.4 Å². The number of benzene rings is 8. The molecule has 2 heterocycles. The summed E-state index contributed by atoms with van der Waals surface area (Å²) in [5.41, 5.74) is 15.8. The Balaban J connectivity index is 1.35. The Hall–Kier alpha value is -7.10. The van der Waals surface area contributed by atoms with Crippen molar-refractivity contribution in [3.05, 3.63) is 199 Å². The summed E-state index contributed by atoms with van der Waals surface area (Å²) in [5.74, 6) is 0.701. The summed E-state index contributed by atoms with van der Waals surface area (Å²) in [5, 5.41) is 4.89. The van der Waals surface area contributed by atoms with Crippen LogP contribution in [0.15, 0.2) is 188 Å². The number of aromatic nitrogens is 3. The third-order valence-corrected chi connectivity index (χ3v) is 11.0. The zero-order valence-electron chi connectivity index (χ0n) is 30.7. The Kier molecular flexibility index (Phi) is 7.92. The van der Waals surface area contributed by atoms with Crippen LogP contribution in [0, 0.1) is 13.8 Å². The molecule has 0 unspecified atom stereocenters. The van der Waals surface area contributed by atoms with Crippen molar-refractivity contribution < 1.29 is 0 Å². The van der Waals surface area contributed by atoms with Gasteiger partial charge in [-0.1, -0.05) is 164 Å². The van der Waals surface area contributed by atoms with Crippen LogP contribution in [0.3, 0.4) is 0 Å². The van der Waals surface area contributed by atoms with E-state index in [1.165, 1.54) is 66.1 Å². The van der Waals surface area contributed by atoms with Crippen LogP contribution in [0.4, 0.5) is 0 Å². The molecule has 55 heavy (non-hydrogen) atoms. The standard InChI is InChI=1S/C52H37N3/c1-34-27-28-40(36-17-7-3-8-18-36)31-44(34)48-35(2)51-49(43-26-16-15-25-42(43)48)45-32-41(37-19-9-4-10-20-37)29-30-46(45)55(51)47-33-53-52(39-23-13-6-14-24-39)54-50(47)38-21-11-5-12-22-38/h3-33H,1-2H3. The predicted octanol–water partition coefficient (Wildman–Crippen LogP) is 13.7. The summed E-state index contributed by atoms with van der Waals surface area (Å²) in [6, 6.07) is 64.8. The number of aryl methyl sites for hydroxylation is 2. The summed E-state index contributed by atoms with van der Waals surface area (Å²) < 4.78 is 2.43. The molecule has 0 amide bonds. The Morgan fingerprint density at radius 2 is 1.00 bits per heavy atom. The Morgan fingerprint density at radius 1 is 0.455 bits per heavy atom. The van der Waals surface area contributed by atoms with Gasteiger partial charge in [-0.2, -0.15) is 0 Å². The molecule has 0 bridgehead atoms. The van der Waals surface area contributed by atoms with Gasteiger partial charge >= 0.3 is 0 Å². The summed E-state index contributed by atoms with van der Waals surface area (Å²) in [7, 11) is 0. The third-order valence-electron chi connectivity index (χ3n) is 11.0. The van der Waals surface area contributed by atoms with E-state index in [4.69, 9.17) is 9.97 Å². The van der Waals surface area contributed by atoms with Gasteiger partial charge in [0.15, 0.2) is 5.82 Å². The highest BCUT2D eigenvalue weighted by Crippen LogP contribution is 2.47. The fourth-order valence-corrected chi connectivity index (χ4v) is 8.34. The van der Waals surface area contributed by atoms with Gasteiger partial charge in [0.05, 0.1) is 28.6 Å². The highest BCUT2D eigenvalue weighted by atomic mass is 15.0. The average Bonchev–Trinajstić information content (AvgIpc) is 3.60. The quantitative estimate of drug-likeness (QED) is 0.173. The lowest BCUT2D eigenvalue weighted by Gasteiger charge is -2.19. The van der Waals surface area contributed by atoms with Crippen LogP contribution in [0.25, 0.3) is 94.3 Å². The number of hydrogen-bond acceptors (Lipinski definition) is 2. The lowest BCUT2D eigenvalue weighted by molar-refractivity contribution is 1.08. The molecule has 260 valence electrons. The molecule has 10 aromatic rings. The van der Waals surface area contributed by atoms with Crippen molar-refractivity contribution in [1.82, 2.24) is 14.5 Å². The lowest BCUT2D eigenvalue weighted by atomic mass is 9.87. The second kappa shape index (κ2) is 13.4. The first-order valence-corrected chi connectivity index (χ1v) is 18.8. The highest BCUT2D eigenvalue weighted by Gasteiger charge is 2.25. The van der Waals surface area contributed by atoms with Crippen molar-refractivity contribution in [2.24, 2.45) is 0 Å². The maximum absolute atomic E-state index is 5.35. The zero-order chi connectivity index (χ0) is 36.9. The summed E-state index contributed by atoms with van der Waals surface area (Å²) in [6.07, 6.45) is 2.03. The minimum Gasteiger partial charge on any atom is -0.305 e. The Bertz CT molecular complexity index is 3020. The van der Waals surface area contributed by atoms with Crippen molar-refractivity contribution >= 4 is 32.6 Å². The second-order valence-corrected chi connectivity index (χ2v) is 14.3. The molecule has 10 rings (SSSR count). The molecule has 0 aliphatic rings. The Morgan fingerprint density at radius 3 is 1.65 bits per heavy atom. The van der Waals surface area contributed by atoms with E-state index in [-0.39, 0.29) is 0 Å². The lowest BCUT2D eigenvalue weighted by Crippen LogP contribution is -2.04. The number of fused-ring (bicyclic) bond motifs is 5. The van der Waals surface area contributed by atoms with Crippen LogP contribution >= 0.6 is 0 Å². The van der Waals surface area contributed by atoms with Gasteiger partial charge in [-0.3, -0.25) is 0 Å². The number of rotatable bonds is 6. The summed E-state index contributed by atoms with van der Waals surface area (Å²) >= 11 is 0. The minimum atomic E-state index is 0.701. The van der Waals surface area contributed by atoms with Crippen LogP contribution in [0.1, 0.15) is 11.1 Å². The largest absolute Gasteiger partial charge is 0.305 e. The van der Waals surface area contributed by atoms with Gasteiger partial charge in [0.2, 0.25) is 0 Å². The molecule has 0 atom stereocenters. The zero-order valence-corrected chi connectivity index (χ0v) is 30.7.